The predicted molar refractivity (Wildman–Crippen MR) is 88.4 cm³/mol. The maximum atomic E-state index is 12.9. The second kappa shape index (κ2) is 7.23. The Morgan fingerprint density at radius 3 is 2.20 bits per heavy atom. The van der Waals surface area contributed by atoms with Crippen molar-refractivity contribution >= 4 is 11.8 Å². The van der Waals surface area contributed by atoms with Gasteiger partial charge in [-0.25, -0.2) is 14.4 Å². The first-order chi connectivity index (χ1) is 11.9. The highest BCUT2D eigenvalue weighted by Crippen LogP contribution is 2.32. The lowest BCUT2D eigenvalue weighted by atomic mass is 10.1. The van der Waals surface area contributed by atoms with Crippen molar-refractivity contribution in [2.75, 3.05) is 0 Å². The topological polar surface area (TPSA) is 25.8 Å². The standard InChI is InChI=1S/C18H12F4N2S/c19-16-6-4-12(5-7-16)11-25-17-23-9-14(10-24-17)13-2-1-3-15(8-13)18(20,21)22/h1-10H,11H2. The average Bonchev–Trinajstić information content (AvgIpc) is 2.61. The molecule has 3 aromatic rings. The molecule has 1 aromatic heterocycles. The molecule has 0 bridgehead atoms. The lowest BCUT2D eigenvalue weighted by Crippen LogP contribution is -2.04. The Morgan fingerprint density at radius 2 is 1.56 bits per heavy atom. The normalized spacial score (nSPS) is 11.5. The Morgan fingerprint density at radius 1 is 0.880 bits per heavy atom. The summed E-state index contributed by atoms with van der Waals surface area (Å²) in [6, 6.07) is 11.2. The van der Waals surface area contributed by atoms with Gasteiger partial charge in [0, 0.05) is 23.7 Å². The zero-order valence-electron chi connectivity index (χ0n) is 12.8. The highest BCUT2D eigenvalue weighted by Gasteiger charge is 2.30. The minimum absolute atomic E-state index is 0.296. The third kappa shape index (κ3) is 4.57. The molecule has 0 atom stereocenters. The first-order valence-electron chi connectivity index (χ1n) is 7.29. The van der Waals surface area contributed by atoms with Crippen LogP contribution in [0.3, 0.4) is 0 Å². The molecule has 2 nitrogen and oxygen atoms in total. The van der Waals surface area contributed by atoms with Crippen LogP contribution in [0, 0.1) is 5.82 Å². The molecule has 0 saturated carbocycles. The monoisotopic (exact) mass is 364 g/mol. The summed E-state index contributed by atoms with van der Waals surface area (Å²) < 4.78 is 51.2. The number of rotatable bonds is 4. The molecular formula is C18H12F4N2S. The van der Waals surface area contributed by atoms with Crippen LogP contribution < -0.4 is 0 Å². The van der Waals surface area contributed by atoms with Gasteiger partial charge in [-0.05, 0) is 35.4 Å². The molecule has 0 spiro atoms. The van der Waals surface area contributed by atoms with Crippen LogP contribution in [0.15, 0.2) is 66.1 Å². The molecule has 25 heavy (non-hydrogen) atoms. The molecule has 0 amide bonds. The first-order valence-corrected chi connectivity index (χ1v) is 8.27. The largest absolute Gasteiger partial charge is 0.416 e. The van der Waals surface area contributed by atoms with Crippen molar-refractivity contribution < 1.29 is 17.6 Å². The number of benzene rings is 2. The van der Waals surface area contributed by atoms with E-state index in [-0.39, 0.29) is 5.82 Å². The summed E-state index contributed by atoms with van der Waals surface area (Å²) in [4.78, 5) is 8.35. The number of halogens is 4. The fourth-order valence-corrected chi connectivity index (χ4v) is 2.89. The molecule has 128 valence electrons. The SMILES string of the molecule is Fc1ccc(CSc2ncc(-c3cccc(C(F)(F)F)c3)cn2)cc1. The van der Waals surface area contributed by atoms with E-state index in [2.05, 4.69) is 9.97 Å². The van der Waals surface area contributed by atoms with Crippen molar-refractivity contribution in [2.45, 2.75) is 17.1 Å². The lowest BCUT2D eigenvalue weighted by molar-refractivity contribution is -0.137. The molecule has 3 rings (SSSR count). The molecule has 0 aliphatic heterocycles. The van der Waals surface area contributed by atoms with Gasteiger partial charge in [-0.3, -0.25) is 0 Å². The van der Waals surface area contributed by atoms with Crippen molar-refractivity contribution in [3.05, 3.63) is 77.9 Å². The number of alkyl halides is 3. The summed E-state index contributed by atoms with van der Waals surface area (Å²) in [5, 5.41) is 0.500. The second-order valence-corrected chi connectivity index (χ2v) is 6.19. The number of thioether (sulfide) groups is 1. The summed E-state index contributed by atoms with van der Waals surface area (Å²) in [6.07, 6.45) is -1.40. The van der Waals surface area contributed by atoms with E-state index >= 15 is 0 Å². The van der Waals surface area contributed by atoms with E-state index in [1.54, 1.807) is 18.2 Å². The third-order valence-corrected chi connectivity index (χ3v) is 4.38. The Labute approximate surface area is 146 Å². The van der Waals surface area contributed by atoms with E-state index in [0.29, 0.717) is 22.0 Å². The van der Waals surface area contributed by atoms with Gasteiger partial charge in [0.1, 0.15) is 5.82 Å². The van der Waals surface area contributed by atoms with E-state index in [1.807, 2.05) is 0 Å². The quantitative estimate of drug-likeness (QED) is 0.343. The van der Waals surface area contributed by atoms with Crippen LogP contribution in [0.25, 0.3) is 11.1 Å². The summed E-state index contributed by atoms with van der Waals surface area (Å²) in [5.74, 6) is 0.277. The Balaban J connectivity index is 1.71. The summed E-state index contributed by atoms with van der Waals surface area (Å²) >= 11 is 1.37. The highest BCUT2D eigenvalue weighted by molar-refractivity contribution is 7.98. The van der Waals surface area contributed by atoms with Crippen LogP contribution in [0.1, 0.15) is 11.1 Å². The Hall–Kier alpha value is -2.41. The molecule has 0 radical (unpaired) electrons. The maximum absolute atomic E-state index is 12.9. The molecule has 0 N–H and O–H groups in total. The summed E-state index contributed by atoms with van der Waals surface area (Å²) in [6.45, 7) is 0. The molecule has 0 unspecified atom stereocenters. The number of hydrogen-bond donors (Lipinski definition) is 0. The van der Waals surface area contributed by atoms with Gasteiger partial charge in [0.25, 0.3) is 0 Å². The lowest BCUT2D eigenvalue weighted by Gasteiger charge is -2.08. The van der Waals surface area contributed by atoms with Crippen molar-refractivity contribution in [1.29, 1.82) is 0 Å². The molecule has 0 fully saturated rings. The van der Waals surface area contributed by atoms with E-state index in [1.165, 1.54) is 42.4 Å². The van der Waals surface area contributed by atoms with Gasteiger partial charge in [-0.1, -0.05) is 36.0 Å². The van der Waals surface area contributed by atoms with Gasteiger partial charge in [-0.2, -0.15) is 13.2 Å². The van der Waals surface area contributed by atoms with Crippen LogP contribution >= 0.6 is 11.8 Å². The Kier molecular flexibility index (Phi) is 5.03. The van der Waals surface area contributed by atoms with Crippen LogP contribution in [0.2, 0.25) is 0 Å². The maximum Gasteiger partial charge on any atom is 0.416 e. The molecule has 2 aromatic carbocycles. The molecule has 0 aliphatic rings. The van der Waals surface area contributed by atoms with E-state index < -0.39 is 11.7 Å². The van der Waals surface area contributed by atoms with Crippen LogP contribution in [0.4, 0.5) is 17.6 Å². The van der Waals surface area contributed by atoms with Crippen LogP contribution in [-0.4, -0.2) is 9.97 Å². The average molecular weight is 364 g/mol. The highest BCUT2D eigenvalue weighted by atomic mass is 32.2. The zero-order chi connectivity index (χ0) is 17.9. The summed E-state index contributed by atoms with van der Waals surface area (Å²) in [5.41, 5.74) is 1.14. The Bertz CT molecular complexity index is 846. The van der Waals surface area contributed by atoms with Gasteiger partial charge in [0.2, 0.25) is 0 Å². The van der Waals surface area contributed by atoms with Crippen molar-refractivity contribution in [3.8, 4) is 11.1 Å². The zero-order valence-corrected chi connectivity index (χ0v) is 13.6. The number of hydrogen-bond acceptors (Lipinski definition) is 3. The minimum Gasteiger partial charge on any atom is -0.230 e. The number of nitrogens with zero attached hydrogens (tertiary/aromatic N) is 2. The van der Waals surface area contributed by atoms with Crippen LogP contribution in [0.5, 0.6) is 0 Å². The predicted octanol–water partition coefficient (Wildman–Crippen LogP) is 5.59. The van der Waals surface area contributed by atoms with Crippen molar-refractivity contribution in [3.63, 3.8) is 0 Å². The van der Waals surface area contributed by atoms with E-state index in [9.17, 15) is 17.6 Å². The minimum atomic E-state index is -4.39. The van der Waals surface area contributed by atoms with Crippen LogP contribution in [-0.2, 0) is 11.9 Å². The third-order valence-electron chi connectivity index (χ3n) is 3.43. The van der Waals surface area contributed by atoms with E-state index in [4.69, 9.17) is 0 Å². The van der Waals surface area contributed by atoms with E-state index in [0.717, 1.165) is 17.7 Å². The fourth-order valence-electron chi connectivity index (χ4n) is 2.14. The van der Waals surface area contributed by atoms with Gasteiger partial charge in [0.05, 0.1) is 5.56 Å². The molecule has 1 heterocycles. The molecule has 7 heteroatoms. The van der Waals surface area contributed by atoms with Crippen molar-refractivity contribution in [2.24, 2.45) is 0 Å². The second-order valence-electron chi connectivity index (χ2n) is 5.25. The molecule has 0 aliphatic carbocycles. The van der Waals surface area contributed by atoms with Gasteiger partial charge >= 0.3 is 6.18 Å². The van der Waals surface area contributed by atoms with Gasteiger partial charge in [0.15, 0.2) is 5.16 Å². The summed E-state index contributed by atoms with van der Waals surface area (Å²) in [7, 11) is 0. The fraction of sp³-hybridized carbons (Fsp3) is 0.111. The molecular weight excluding hydrogens is 352 g/mol. The van der Waals surface area contributed by atoms with Gasteiger partial charge in [-0.15, -0.1) is 0 Å². The van der Waals surface area contributed by atoms with Crippen molar-refractivity contribution in [1.82, 2.24) is 9.97 Å². The smallest absolute Gasteiger partial charge is 0.230 e. The van der Waals surface area contributed by atoms with Gasteiger partial charge < -0.3 is 0 Å². The molecule has 0 saturated heterocycles. The number of aromatic nitrogens is 2. The first kappa shape index (κ1) is 17.4.